The van der Waals surface area contributed by atoms with Gasteiger partial charge in [-0.25, -0.2) is 0 Å². The number of nitrogen functional groups attached to an aromatic ring is 1. The van der Waals surface area contributed by atoms with E-state index in [4.69, 9.17) is 15.2 Å². The summed E-state index contributed by atoms with van der Waals surface area (Å²) in [5.41, 5.74) is 6.42. The van der Waals surface area contributed by atoms with E-state index in [0.717, 1.165) is 0 Å². The highest BCUT2D eigenvalue weighted by atomic mass is 16.5. The van der Waals surface area contributed by atoms with Gasteiger partial charge in [-0.3, -0.25) is 4.79 Å². The van der Waals surface area contributed by atoms with Gasteiger partial charge in [0.15, 0.2) is 0 Å². The molecule has 0 spiro atoms. The number of hydrogen-bond donors (Lipinski definition) is 2. The summed E-state index contributed by atoms with van der Waals surface area (Å²) in [6.07, 6.45) is 0. The minimum absolute atomic E-state index is 0.00800. The molecule has 20 heavy (non-hydrogen) atoms. The van der Waals surface area contributed by atoms with E-state index in [1.165, 1.54) is 18.2 Å². The van der Waals surface area contributed by atoms with Gasteiger partial charge in [-0.05, 0) is 25.1 Å². The van der Waals surface area contributed by atoms with Crippen molar-refractivity contribution in [3.63, 3.8) is 0 Å². The Kier molecular flexibility index (Phi) is 6.27. The average molecular weight is 282 g/mol. The number of aromatic hydroxyl groups is 1. The van der Waals surface area contributed by atoms with Gasteiger partial charge in [0.1, 0.15) is 5.75 Å². The highest BCUT2D eigenvalue weighted by Crippen LogP contribution is 2.21. The van der Waals surface area contributed by atoms with E-state index in [0.29, 0.717) is 25.4 Å². The molecule has 0 aliphatic carbocycles. The van der Waals surface area contributed by atoms with Crippen LogP contribution in [0.25, 0.3) is 0 Å². The molecule has 112 valence electrons. The molecule has 1 amide bonds. The Bertz CT molecular complexity index is 451. The molecule has 0 saturated carbocycles. The molecule has 0 radical (unpaired) electrons. The molecule has 0 fully saturated rings. The van der Waals surface area contributed by atoms with Gasteiger partial charge in [-0.1, -0.05) is 0 Å². The van der Waals surface area contributed by atoms with Crippen LogP contribution in [0.3, 0.4) is 0 Å². The number of hydrogen-bond acceptors (Lipinski definition) is 5. The monoisotopic (exact) mass is 282 g/mol. The second kappa shape index (κ2) is 7.72. The Morgan fingerprint density at radius 1 is 1.40 bits per heavy atom. The first-order valence-electron chi connectivity index (χ1n) is 6.38. The summed E-state index contributed by atoms with van der Waals surface area (Å²) in [5.74, 6) is -0.242. The molecule has 3 N–H and O–H groups in total. The topological polar surface area (TPSA) is 85.0 Å². The molecule has 0 heterocycles. The third kappa shape index (κ3) is 4.11. The molecule has 1 rings (SSSR count). The van der Waals surface area contributed by atoms with Crippen molar-refractivity contribution in [3.8, 4) is 5.75 Å². The minimum Gasteiger partial charge on any atom is -0.508 e. The largest absolute Gasteiger partial charge is 0.508 e. The molecule has 6 heteroatoms. The summed E-state index contributed by atoms with van der Waals surface area (Å²) < 4.78 is 10.1. The Morgan fingerprint density at radius 2 is 2.10 bits per heavy atom. The van der Waals surface area contributed by atoms with Gasteiger partial charge in [-0.2, -0.15) is 0 Å². The first kappa shape index (κ1) is 16.3. The van der Waals surface area contributed by atoms with Crippen LogP contribution in [-0.2, 0) is 9.47 Å². The first-order valence-corrected chi connectivity index (χ1v) is 6.38. The molecule has 1 aromatic carbocycles. The number of methoxy groups -OCH3 is 2. The van der Waals surface area contributed by atoms with Crippen molar-refractivity contribution in [2.75, 3.05) is 39.7 Å². The maximum absolute atomic E-state index is 12.6. The van der Waals surface area contributed by atoms with Crippen LogP contribution < -0.4 is 5.73 Å². The number of carbonyl (C=O) groups excluding carboxylic acids is 1. The smallest absolute Gasteiger partial charge is 0.256 e. The lowest BCUT2D eigenvalue weighted by Gasteiger charge is -2.29. The summed E-state index contributed by atoms with van der Waals surface area (Å²) in [6.45, 7) is 3.14. The van der Waals surface area contributed by atoms with E-state index < -0.39 is 0 Å². The summed E-state index contributed by atoms with van der Waals surface area (Å²) in [4.78, 5) is 14.2. The fraction of sp³-hybridized carbons (Fsp3) is 0.500. The molecule has 6 nitrogen and oxygen atoms in total. The Hall–Kier alpha value is -1.79. The summed E-state index contributed by atoms with van der Waals surface area (Å²) in [5, 5.41) is 9.51. The third-order valence-corrected chi connectivity index (χ3v) is 3.00. The Balaban J connectivity index is 2.99. The Labute approximate surface area is 119 Å². The molecule has 0 aliphatic rings. The van der Waals surface area contributed by atoms with Crippen LogP contribution >= 0.6 is 0 Å². The van der Waals surface area contributed by atoms with E-state index in [1.807, 2.05) is 6.92 Å². The molecule has 0 saturated heterocycles. The van der Waals surface area contributed by atoms with E-state index in [-0.39, 0.29) is 23.3 Å². The van der Waals surface area contributed by atoms with Crippen molar-refractivity contribution in [2.24, 2.45) is 0 Å². The maximum Gasteiger partial charge on any atom is 0.256 e. The lowest BCUT2D eigenvalue weighted by molar-refractivity contribution is 0.0480. The molecule has 0 bridgehead atoms. The SMILES string of the molecule is COCCN(C(=O)c1cc(O)ccc1N)C(C)COC. The van der Waals surface area contributed by atoms with Crippen molar-refractivity contribution in [2.45, 2.75) is 13.0 Å². The number of carbonyl (C=O) groups is 1. The minimum atomic E-state index is -0.250. The van der Waals surface area contributed by atoms with Gasteiger partial charge >= 0.3 is 0 Å². The van der Waals surface area contributed by atoms with Crippen LogP contribution in [0.4, 0.5) is 5.69 Å². The molecule has 1 unspecified atom stereocenters. The second-order valence-electron chi connectivity index (χ2n) is 4.57. The molecule has 1 aromatic rings. The highest BCUT2D eigenvalue weighted by Gasteiger charge is 2.23. The zero-order valence-corrected chi connectivity index (χ0v) is 12.1. The van der Waals surface area contributed by atoms with Crippen LogP contribution in [0.5, 0.6) is 5.75 Å². The van der Waals surface area contributed by atoms with Gasteiger partial charge in [0.2, 0.25) is 0 Å². The van der Waals surface area contributed by atoms with Gasteiger partial charge in [0.25, 0.3) is 5.91 Å². The number of benzene rings is 1. The average Bonchev–Trinajstić information content (AvgIpc) is 2.42. The zero-order valence-electron chi connectivity index (χ0n) is 12.1. The predicted octanol–water partition coefficient (Wildman–Crippen LogP) is 1.10. The number of nitrogens with zero attached hydrogens (tertiary/aromatic N) is 1. The van der Waals surface area contributed by atoms with Crippen molar-refractivity contribution < 1.29 is 19.4 Å². The predicted molar refractivity (Wildman–Crippen MR) is 76.8 cm³/mol. The number of amides is 1. The van der Waals surface area contributed by atoms with Crippen LogP contribution in [0.2, 0.25) is 0 Å². The maximum atomic E-state index is 12.6. The van der Waals surface area contributed by atoms with E-state index in [2.05, 4.69) is 0 Å². The summed E-state index contributed by atoms with van der Waals surface area (Å²) in [6, 6.07) is 4.21. The highest BCUT2D eigenvalue weighted by molar-refractivity contribution is 5.99. The quantitative estimate of drug-likeness (QED) is 0.578. The standard InChI is InChI=1S/C14H22N2O4/c1-10(9-20-3)16(6-7-19-2)14(18)12-8-11(17)4-5-13(12)15/h4-5,8,10,17H,6-7,9,15H2,1-3H3. The zero-order chi connectivity index (χ0) is 15.1. The van der Waals surface area contributed by atoms with Crippen molar-refractivity contribution in [1.29, 1.82) is 0 Å². The molecule has 1 atom stereocenters. The number of anilines is 1. The van der Waals surface area contributed by atoms with Gasteiger partial charge in [0, 0.05) is 26.5 Å². The van der Waals surface area contributed by atoms with Gasteiger partial charge in [0.05, 0.1) is 24.8 Å². The molecular weight excluding hydrogens is 260 g/mol. The number of phenols is 1. The summed E-state index contributed by atoms with van der Waals surface area (Å²) >= 11 is 0. The van der Waals surface area contributed by atoms with Crippen LogP contribution in [0.15, 0.2) is 18.2 Å². The van der Waals surface area contributed by atoms with E-state index >= 15 is 0 Å². The Morgan fingerprint density at radius 3 is 2.70 bits per heavy atom. The first-order chi connectivity index (χ1) is 9.51. The number of ether oxygens (including phenoxy) is 2. The van der Waals surface area contributed by atoms with E-state index in [1.54, 1.807) is 19.1 Å². The molecule has 0 aliphatic heterocycles. The lowest BCUT2D eigenvalue weighted by Crippen LogP contribution is -2.43. The van der Waals surface area contributed by atoms with E-state index in [9.17, 15) is 9.90 Å². The lowest BCUT2D eigenvalue weighted by atomic mass is 10.1. The summed E-state index contributed by atoms with van der Waals surface area (Å²) in [7, 11) is 3.16. The number of nitrogens with two attached hydrogens (primary N) is 1. The fourth-order valence-electron chi connectivity index (χ4n) is 1.93. The van der Waals surface area contributed by atoms with Crippen LogP contribution in [0.1, 0.15) is 17.3 Å². The van der Waals surface area contributed by atoms with Crippen molar-refractivity contribution in [1.82, 2.24) is 4.90 Å². The normalized spacial score (nSPS) is 12.2. The third-order valence-electron chi connectivity index (χ3n) is 3.00. The van der Waals surface area contributed by atoms with Crippen molar-refractivity contribution >= 4 is 11.6 Å². The molecular formula is C14H22N2O4. The van der Waals surface area contributed by atoms with Crippen LogP contribution in [0, 0.1) is 0 Å². The van der Waals surface area contributed by atoms with Gasteiger partial charge < -0.3 is 25.2 Å². The van der Waals surface area contributed by atoms with Gasteiger partial charge in [-0.15, -0.1) is 0 Å². The number of rotatable bonds is 7. The fourth-order valence-corrected chi connectivity index (χ4v) is 1.93. The van der Waals surface area contributed by atoms with Crippen LogP contribution in [-0.4, -0.2) is 55.9 Å². The number of phenolic OH excluding ortho intramolecular Hbond substituents is 1. The molecule has 0 aromatic heterocycles. The van der Waals surface area contributed by atoms with Crippen molar-refractivity contribution in [3.05, 3.63) is 23.8 Å². The second-order valence-corrected chi connectivity index (χ2v) is 4.57.